The fourth-order valence-electron chi connectivity index (χ4n) is 2.64. The van der Waals surface area contributed by atoms with E-state index in [-0.39, 0.29) is 6.61 Å². The number of hydrogen-bond donors (Lipinski definition) is 1. The van der Waals surface area contributed by atoms with Crippen LogP contribution in [-0.4, -0.2) is 30.8 Å². The largest absolute Gasteiger partial charge is 0.497 e. The van der Waals surface area contributed by atoms with Gasteiger partial charge in [-0.05, 0) is 51.8 Å². The molecule has 0 fully saturated rings. The van der Waals surface area contributed by atoms with Crippen LogP contribution in [0.25, 0.3) is 22.7 Å². The van der Waals surface area contributed by atoms with Crippen molar-refractivity contribution in [2.45, 2.75) is 0 Å². The Balaban J connectivity index is 2.02. The molecule has 0 aliphatic heterocycles. The predicted octanol–water partition coefficient (Wildman–Crippen LogP) is 4.42. The molecule has 0 aliphatic carbocycles. The number of hydrogen-bond acceptors (Lipinski definition) is 5. The van der Waals surface area contributed by atoms with Crippen molar-refractivity contribution < 1.29 is 14.2 Å². The molecule has 0 amide bonds. The maximum Gasteiger partial charge on any atom is 0.176 e. The van der Waals surface area contributed by atoms with Crippen LogP contribution >= 0.6 is 15.9 Å². The number of nitrogens with zero attached hydrogens (tertiary/aromatic N) is 2. The first-order valence-corrected chi connectivity index (χ1v) is 8.98. The minimum Gasteiger partial charge on any atom is -0.497 e. The number of halogens is 1. The third-order valence-corrected chi connectivity index (χ3v) is 4.52. The second-order valence-electron chi connectivity index (χ2n) is 5.67. The Morgan fingerprint density at radius 2 is 2.11 bits per heavy atom. The smallest absolute Gasteiger partial charge is 0.176 e. The molecule has 6 nitrogen and oxygen atoms in total. The van der Waals surface area contributed by atoms with Crippen molar-refractivity contribution in [3.63, 3.8) is 0 Å². The molecule has 0 saturated carbocycles. The second-order valence-corrected chi connectivity index (χ2v) is 6.52. The normalized spacial score (nSPS) is 11.0. The van der Waals surface area contributed by atoms with Crippen molar-refractivity contribution in [1.29, 1.82) is 5.26 Å². The van der Waals surface area contributed by atoms with E-state index >= 15 is 0 Å². The molecule has 1 aromatic heterocycles. The number of rotatable bonds is 6. The van der Waals surface area contributed by atoms with Crippen LogP contribution in [0.5, 0.6) is 17.2 Å². The lowest BCUT2D eigenvalue weighted by atomic mass is 10.1. The molecule has 3 rings (SSSR count). The number of methoxy groups -OCH3 is 2. The van der Waals surface area contributed by atoms with Gasteiger partial charge in [0.1, 0.15) is 24.3 Å². The summed E-state index contributed by atoms with van der Waals surface area (Å²) in [5.41, 5.74) is 2.65. The highest BCUT2D eigenvalue weighted by Crippen LogP contribution is 2.37. The molecule has 28 heavy (non-hydrogen) atoms. The van der Waals surface area contributed by atoms with E-state index < -0.39 is 0 Å². The molecule has 0 aliphatic rings. The zero-order valence-corrected chi connectivity index (χ0v) is 16.8. The van der Waals surface area contributed by atoms with Crippen LogP contribution in [0.15, 0.2) is 34.8 Å². The summed E-state index contributed by atoms with van der Waals surface area (Å²) < 4.78 is 16.8. The van der Waals surface area contributed by atoms with E-state index in [0.29, 0.717) is 33.1 Å². The van der Waals surface area contributed by atoms with Crippen LogP contribution in [0, 0.1) is 23.7 Å². The van der Waals surface area contributed by atoms with Gasteiger partial charge in [-0.3, -0.25) is 0 Å². The lowest BCUT2D eigenvalue weighted by Crippen LogP contribution is -1.98. The minimum atomic E-state index is 0.121. The third-order valence-electron chi connectivity index (χ3n) is 3.93. The number of fused-ring (bicyclic) bond motifs is 1. The highest BCUT2D eigenvalue weighted by Gasteiger charge is 2.13. The van der Waals surface area contributed by atoms with Gasteiger partial charge in [-0.1, -0.05) is 5.92 Å². The van der Waals surface area contributed by atoms with Gasteiger partial charge < -0.3 is 19.2 Å². The number of nitriles is 1. The predicted molar refractivity (Wildman–Crippen MR) is 111 cm³/mol. The Morgan fingerprint density at radius 3 is 2.79 bits per heavy atom. The number of benzene rings is 2. The Bertz CT molecular complexity index is 1140. The molecular weight excluding hydrogens is 422 g/mol. The zero-order valence-electron chi connectivity index (χ0n) is 15.2. The number of imidazole rings is 1. The van der Waals surface area contributed by atoms with Crippen LogP contribution in [0.3, 0.4) is 0 Å². The van der Waals surface area contributed by atoms with Crippen molar-refractivity contribution in [2.24, 2.45) is 0 Å². The second kappa shape index (κ2) is 8.51. The van der Waals surface area contributed by atoms with Crippen LogP contribution in [0.4, 0.5) is 0 Å². The number of ether oxygens (including phenoxy) is 3. The average Bonchev–Trinajstić information content (AvgIpc) is 3.13. The summed E-state index contributed by atoms with van der Waals surface area (Å²) >= 11 is 3.46. The molecule has 0 spiro atoms. The average molecular weight is 438 g/mol. The van der Waals surface area contributed by atoms with Crippen molar-refractivity contribution in [3.05, 3.63) is 46.2 Å². The molecule has 140 valence electrons. The number of aromatic nitrogens is 2. The van der Waals surface area contributed by atoms with Crippen molar-refractivity contribution >= 4 is 38.6 Å². The fourth-order valence-corrected chi connectivity index (χ4v) is 3.21. The van der Waals surface area contributed by atoms with Crippen LogP contribution in [0.2, 0.25) is 0 Å². The van der Waals surface area contributed by atoms with E-state index in [9.17, 15) is 5.26 Å². The number of H-pyrrole nitrogens is 1. The molecule has 3 aromatic rings. The van der Waals surface area contributed by atoms with Crippen molar-refractivity contribution in [3.8, 4) is 35.7 Å². The van der Waals surface area contributed by atoms with Gasteiger partial charge in [-0.25, -0.2) is 4.98 Å². The lowest BCUT2D eigenvalue weighted by molar-refractivity contribution is 0.329. The van der Waals surface area contributed by atoms with E-state index in [2.05, 4.69) is 37.9 Å². The SMILES string of the molecule is C#CCOc1c(Br)cc(/C=C(\C#N)c2nc3ccc(OC)cc3[nH]2)cc1OC. The Labute approximate surface area is 170 Å². The zero-order chi connectivity index (χ0) is 20.1. The summed E-state index contributed by atoms with van der Waals surface area (Å²) in [6.45, 7) is 0.121. The number of allylic oxidation sites excluding steroid dienone is 1. The third kappa shape index (κ3) is 3.95. The van der Waals surface area contributed by atoms with Crippen molar-refractivity contribution in [1.82, 2.24) is 9.97 Å². The van der Waals surface area contributed by atoms with Crippen LogP contribution in [-0.2, 0) is 0 Å². The van der Waals surface area contributed by atoms with Crippen molar-refractivity contribution in [2.75, 3.05) is 20.8 Å². The van der Waals surface area contributed by atoms with Gasteiger partial charge in [-0.15, -0.1) is 6.42 Å². The molecule has 2 aromatic carbocycles. The molecular formula is C21H16BrN3O3. The number of nitrogens with one attached hydrogen (secondary N) is 1. The molecule has 0 saturated heterocycles. The summed E-state index contributed by atoms with van der Waals surface area (Å²) in [6, 6.07) is 11.2. The highest BCUT2D eigenvalue weighted by atomic mass is 79.9. The van der Waals surface area contributed by atoms with Gasteiger partial charge in [0.05, 0.1) is 35.3 Å². The molecule has 1 N–H and O–H groups in total. The van der Waals surface area contributed by atoms with E-state index in [4.69, 9.17) is 20.6 Å². The summed E-state index contributed by atoms with van der Waals surface area (Å²) in [7, 11) is 3.14. The van der Waals surface area contributed by atoms with Gasteiger partial charge >= 0.3 is 0 Å². The molecule has 0 unspecified atom stereocenters. The first kappa shape index (κ1) is 19.3. The maximum atomic E-state index is 9.64. The first-order chi connectivity index (χ1) is 13.6. The number of terminal acetylenes is 1. The monoisotopic (exact) mass is 437 g/mol. The van der Waals surface area contributed by atoms with Gasteiger partial charge in [0.15, 0.2) is 11.5 Å². The van der Waals surface area contributed by atoms with E-state index in [1.54, 1.807) is 19.3 Å². The van der Waals surface area contributed by atoms with E-state index in [1.165, 1.54) is 7.11 Å². The number of aromatic amines is 1. The summed E-state index contributed by atoms with van der Waals surface area (Å²) in [6.07, 6.45) is 6.97. The molecule has 7 heteroatoms. The van der Waals surface area contributed by atoms with E-state index in [1.807, 2.05) is 24.3 Å². The van der Waals surface area contributed by atoms with Crippen LogP contribution in [0.1, 0.15) is 11.4 Å². The quantitative estimate of drug-likeness (QED) is 0.455. The Morgan fingerprint density at radius 1 is 1.29 bits per heavy atom. The van der Waals surface area contributed by atoms with Gasteiger partial charge in [0, 0.05) is 6.07 Å². The Kier molecular flexibility index (Phi) is 5.88. The fraction of sp³-hybridized carbons (Fsp3) is 0.143. The molecule has 0 radical (unpaired) electrons. The van der Waals surface area contributed by atoms with Gasteiger partial charge in [0.2, 0.25) is 0 Å². The first-order valence-electron chi connectivity index (χ1n) is 8.19. The highest BCUT2D eigenvalue weighted by molar-refractivity contribution is 9.10. The standard InChI is InChI=1S/C21H16BrN3O3/c1-4-7-28-20-16(22)9-13(10-19(20)27-3)8-14(12-23)21-24-17-6-5-15(26-2)11-18(17)25-21/h1,5-6,8-11H,7H2,2-3H3,(H,24,25)/b14-8+. The Hall–Kier alpha value is -3.42. The van der Waals surface area contributed by atoms with Crippen LogP contribution < -0.4 is 14.2 Å². The van der Waals surface area contributed by atoms with E-state index in [0.717, 1.165) is 16.6 Å². The molecule has 0 bridgehead atoms. The topological polar surface area (TPSA) is 80.2 Å². The lowest BCUT2D eigenvalue weighted by Gasteiger charge is -2.12. The molecule has 1 heterocycles. The maximum absolute atomic E-state index is 9.64. The minimum absolute atomic E-state index is 0.121. The molecule has 0 atom stereocenters. The van der Waals surface area contributed by atoms with Gasteiger partial charge in [0.25, 0.3) is 0 Å². The van der Waals surface area contributed by atoms with Gasteiger partial charge in [-0.2, -0.15) is 5.26 Å². The summed E-state index contributed by atoms with van der Waals surface area (Å²) in [5, 5.41) is 9.64. The summed E-state index contributed by atoms with van der Waals surface area (Å²) in [5.74, 6) is 4.60. The summed E-state index contributed by atoms with van der Waals surface area (Å²) in [4.78, 5) is 7.64.